The van der Waals surface area contributed by atoms with Gasteiger partial charge in [0.05, 0.1) is 5.56 Å². The number of rotatable bonds is 2. The van der Waals surface area contributed by atoms with Gasteiger partial charge in [0.25, 0.3) is 0 Å². The predicted octanol–water partition coefficient (Wildman–Crippen LogP) is 1.52. The highest BCUT2D eigenvalue weighted by atomic mass is 16.4. The molecule has 2 aromatic rings. The van der Waals surface area contributed by atoms with E-state index in [4.69, 9.17) is 5.73 Å². The van der Waals surface area contributed by atoms with Crippen LogP contribution in [0.4, 0.5) is 0 Å². The van der Waals surface area contributed by atoms with Crippen molar-refractivity contribution in [2.45, 2.75) is 25.4 Å². The van der Waals surface area contributed by atoms with Crippen molar-refractivity contribution in [1.29, 1.82) is 0 Å². The Bertz CT molecular complexity index is 633. The first-order valence-electron chi connectivity index (χ1n) is 6.29. The molecular weight excluding hydrogens is 242 g/mol. The van der Waals surface area contributed by atoms with Gasteiger partial charge in [0.15, 0.2) is 0 Å². The molecule has 1 aliphatic heterocycles. The third-order valence-corrected chi connectivity index (χ3v) is 3.52. The van der Waals surface area contributed by atoms with E-state index in [0.717, 1.165) is 18.5 Å². The lowest BCUT2D eigenvalue weighted by atomic mass is 10.0. The molecule has 3 rings (SSSR count). The summed E-state index contributed by atoms with van der Waals surface area (Å²) in [5, 5.41) is 9.26. The minimum atomic E-state index is -0.937. The van der Waals surface area contributed by atoms with Crippen LogP contribution in [0, 0.1) is 0 Å². The van der Waals surface area contributed by atoms with Crippen LogP contribution in [0.2, 0.25) is 0 Å². The summed E-state index contributed by atoms with van der Waals surface area (Å²) >= 11 is 0. The summed E-state index contributed by atoms with van der Waals surface area (Å²) in [6.07, 6.45) is 3.66. The molecule has 3 N–H and O–H groups in total. The maximum Gasteiger partial charge on any atom is 0.336 e. The molecule has 0 saturated carbocycles. The molecule has 0 radical (unpaired) electrons. The van der Waals surface area contributed by atoms with E-state index < -0.39 is 5.97 Å². The maximum atomic E-state index is 11.3. The van der Waals surface area contributed by atoms with Gasteiger partial charge < -0.3 is 15.4 Å². The lowest BCUT2D eigenvalue weighted by molar-refractivity contribution is 0.0697. The number of carboxylic acids is 1. The molecule has 1 aliphatic rings. The Kier molecular flexibility index (Phi) is 2.83. The second kappa shape index (κ2) is 4.51. The summed E-state index contributed by atoms with van der Waals surface area (Å²) < 4.78 is 2.04. The Balaban J connectivity index is 2.13. The van der Waals surface area contributed by atoms with Crippen LogP contribution < -0.4 is 5.73 Å². The Morgan fingerprint density at radius 3 is 3.00 bits per heavy atom. The number of carbonyl (C=O) groups is 1. The molecule has 0 amide bonds. The molecule has 2 heterocycles. The van der Waals surface area contributed by atoms with E-state index >= 15 is 0 Å². The number of benzene rings is 1. The van der Waals surface area contributed by atoms with Crippen LogP contribution in [0.25, 0.3) is 11.4 Å². The third kappa shape index (κ3) is 2.02. The first kappa shape index (κ1) is 11.9. The zero-order valence-electron chi connectivity index (χ0n) is 10.4. The number of hydrogen-bond donors (Lipinski definition) is 2. The molecule has 0 aliphatic carbocycles. The fraction of sp³-hybridized carbons (Fsp3) is 0.286. The first-order valence-corrected chi connectivity index (χ1v) is 6.29. The summed E-state index contributed by atoms with van der Waals surface area (Å²) in [6, 6.07) is 7.05. The second-order valence-electron chi connectivity index (χ2n) is 4.83. The summed E-state index contributed by atoms with van der Waals surface area (Å²) in [6.45, 7) is 0.693. The van der Waals surface area contributed by atoms with E-state index in [1.807, 2.05) is 16.8 Å². The van der Waals surface area contributed by atoms with Crippen molar-refractivity contribution >= 4 is 5.97 Å². The minimum Gasteiger partial charge on any atom is -0.478 e. The molecule has 98 valence electrons. The second-order valence-corrected chi connectivity index (χ2v) is 4.83. The number of imidazole rings is 1. The Morgan fingerprint density at radius 2 is 2.21 bits per heavy atom. The van der Waals surface area contributed by atoms with Crippen molar-refractivity contribution in [3.8, 4) is 11.4 Å². The molecular formula is C14H15N3O2. The average molecular weight is 257 g/mol. The van der Waals surface area contributed by atoms with Gasteiger partial charge in [0.1, 0.15) is 5.82 Å². The van der Waals surface area contributed by atoms with Gasteiger partial charge >= 0.3 is 5.97 Å². The van der Waals surface area contributed by atoms with E-state index in [9.17, 15) is 9.90 Å². The zero-order valence-corrected chi connectivity index (χ0v) is 10.4. The summed E-state index contributed by atoms with van der Waals surface area (Å²) in [4.78, 5) is 15.7. The molecule has 1 aromatic carbocycles. The zero-order chi connectivity index (χ0) is 13.4. The van der Waals surface area contributed by atoms with Gasteiger partial charge in [0.2, 0.25) is 0 Å². The van der Waals surface area contributed by atoms with Crippen LogP contribution in [-0.2, 0) is 13.0 Å². The molecule has 0 fully saturated rings. The van der Waals surface area contributed by atoms with Crippen molar-refractivity contribution in [3.63, 3.8) is 0 Å². The molecule has 19 heavy (non-hydrogen) atoms. The van der Waals surface area contributed by atoms with Crippen LogP contribution in [0.3, 0.4) is 0 Å². The molecule has 0 saturated heterocycles. The SMILES string of the molecule is NC1CCc2cnc(-c3ccccc3C(=O)O)n2C1. The smallest absolute Gasteiger partial charge is 0.336 e. The van der Waals surface area contributed by atoms with Crippen LogP contribution in [0.15, 0.2) is 30.5 Å². The van der Waals surface area contributed by atoms with Crippen LogP contribution >= 0.6 is 0 Å². The van der Waals surface area contributed by atoms with Gasteiger partial charge in [0, 0.05) is 30.0 Å². The molecule has 1 aromatic heterocycles. The van der Waals surface area contributed by atoms with Crippen molar-refractivity contribution < 1.29 is 9.90 Å². The highest BCUT2D eigenvalue weighted by Crippen LogP contribution is 2.26. The van der Waals surface area contributed by atoms with Crippen molar-refractivity contribution in [2.75, 3.05) is 0 Å². The molecule has 0 bridgehead atoms. The minimum absolute atomic E-state index is 0.109. The van der Waals surface area contributed by atoms with Crippen LogP contribution in [-0.4, -0.2) is 26.7 Å². The number of carboxylic acid groups (broad SMARTS) is 1. The summed E-state index contributed by atoms with van der Waals surface area (Å²) in [5.74, 6) is -0.240. The van der Waals surface area contributed by atoms with E-state index in [1.165, 1.54) is 0 Å². The van der Waals surface area contributed by atoms with Gasteiger partial charge in [-0.25, -0.2) is 9.78 Å². The number of aryl methyl sites for hydroxylation is 1. The molecule has 0 spiro atoms. The van der Waals surface area contributed by atoms with E-state index in [0.29, 0.717) is 17.9 Å². The van der Waals surface area contributed by atoms with Crippen LogP contribution in [0.1, 0.15) is 22.5 Å². The standard InChI is InChI=1S/C14H15N3O2/c15-9-5-6-10-7-16-13(17(10)8-9)11-3-1-2-4-12(11)14(18)19/h1-4,7,9H,5-6,8,15H2,(H,18,19). The van der Waals surface area contributed by atoms with E-state index in [-0.39, 0.29) is 11.6 Å². The summed E-state index contributed by atoms with van der Waals surface area (Å²) in [7, 11) is 0. The Hall–Kier alpha value is -2.14. The largest absolute Gasteiger partial charge is 0.478 e. The third-order valence-electron chi connectivity index (χ3n) is 3.52. The number of nitrogens with zero attached hydrogens (tertiary/aromatic N) is 2. The van der Waals surface area contributed by atoms with Crippen molar-refractivity contribution in [3.05, 3.63) is 41.7 Å². The maximum absolute atomic E-state index is 11.3. The number of fused-ring (bicyclic) bond motifs is 1. The van der Waals surface area contributed by atoms with Crippen molar-refractivity contribution in [1.82, 2.24) is 9.55 Å². The first-order chi connectivity index (χ1) is 9.16. The van der Waals surface area contributed by atoms with Crippen molar-refractivity contribution in [2.24, 2.45) is 5.73 Å². The molecule has 5 nitrogen and oxygen atoms in total. The highest BCUT2D eigenvalue weighted by molar-refractivity contribution is 5.95. The monoisotopic (exact) mass is 257 g/mol. The Morgan fingerprint density at radius 1 is 1.42 bits per heavy atom. The lowest BCUT2D eigenvalue weighted by Crippen LogP contribution is -2.32. The van der Waals surface area contributed by atoms with E-state index in [1.54, 1.807) is 18.2 Å². The van der Waals surface area contributed by atoms with Gasteiger partial charge in [-0.3, -0.25) is 0 Å². The number of nitrogens with two attached hydrogens (primary N) is 1. The Labute approximate surface area is 110 Å². The highest BCUT2D eigenvalue weighted by Gasteiger charge is 2.22. The molecule has 1 atom stereocenters. The normalized spacial score (nSPS) is 18.1. The van der Waals surface area contributed by atoms with Gasteiger partial charge in [-0.05, 0) is 18.9 Å². The topological polar surface area (TPSA) is 81.1 Å². The number of hydrogen-bond acceptors (Lipinski definition) is 3. The predicted molar refractivity (Wildman–Crippen MR) is 70.9 cm³/mol. The van der Waals surface area contributed by atoms with Gasteiger partial charge in [-0.15, -0.1) is 0 Å². The lowest BCUT2D eigenvalue weighted by Gasteiger charge is -2.22. The number of aromatic carboxylic acids is 1. The fourth-order valence-corrected chi connectivity index (χ4v) is 2.55. The quantitative estimate of drug-likeness (QED) is 0.854. The number of aromatic nitrogens is 2. The molecule has 5 heteroatoms. The van der Waals surface area contributed by atoms with Gasteiger partial charge in [-0.2, -0.15) is 0 Å². The molecule has 1 unspecified atom stereocenters. The van der Waals surface area contributed by atoms with E-state index in [2.05, 4.69) is 4.98 Å². The average Bonchev–Trinajstić information content (AvgIpc) is 2.81. The summed E-state index contributed by atoms with van der Waals surface area (Å²) in [5.41, 5.74) is 8.03. The van der Waals surface area contributed by atoms with Crippen LogP contribution in [0.5, 0.6) is 0 Å². The fourth-order valence-electron chi connectivity index (χ4n) is 2.55. The van der Waals surface area contributed by atoms with Gasteiger partial charge in [-0.1, -0.05) is 18.2 Å².